The molecule has 4 heterocycles. The number of rotatable bonds is 0. The average Bonchev–Trinajstić information content (AvgIpc) is 3.59. The van der Waals surface area contributed by atoms with Gasteiger partial charge in [0.1, 0.15) is 16.8 Å². The minimum absolute atomic E-state index is 0.854. The van der Waals surface area contributed by atoms with E-state index < -0.39 is 0 Å². The minimum atomic E-state index is 0.854. The molecule has 35 heavy (non-hydrogen) atoms. The van der Waals surface area contributed by atoms with E-state index in [1.165, 1.54) is 55.3 Å². The first-order valence-corrected chi connectivity index (χ1v) is 12.1. The molecule has 0 fully saturated rings. The van der Waals surface area contributed by atoms with Crippen molar-refractivity contribution < 1.29 is 0 Å². The van der Waals surface area contributed by atoms with E-state index in [0.717, 1.165) is 40.7 Å². The van der Waals surface area contributed by atoms with Gasteiger partial charge in [0, 0.05) is 23.2 Å². The summed E-state index contributed by atoms with van der Waals surface area (Å²) in [6.45, 7) is 0. The van der Waals surface area contributed by atoms with Crippen molar-refractivity contribution in [3.63, 3.8) is 0 Å². The number of imidazole rings is 1. The Morgan fingerprint density at radius 3 is 2.37 bits per heavy atom. The molecule has 0 atom stereocenters. The van der Waals surface area contributed by atoms with Crippen LogP contribution in [0.5, 0.6) is 0 Å². The fourth-order valence-corrected chi connectivity index (χ4v) is 6.53. The lowest BCUT2D eigenvalue weighted by Gasteiger charge is -2.13. The van der Waals surface area contributed by atoms with Crippen LogP contribution in [0.2, 0.25) is 0 Å². The van der Waals surface area contributed by atoms with Gasteiger partial charge in [-0.3, -0.25) is 4.40 Å². The lowest BCUT2D eigenvalue weighted by molar-refractivity contribution is 1.20. The van der Waals surface area contributed by atoms with Gasteiger partial charge in [-0.25, -0.2) is 15.0 Å². The van der Waals surface area contributed by atoms with Crippen LogP contribution in [0.4, 0.5) is 0 Å². The van der Waals surface area contributed by atoms with Crippen molar-refractivity contribution >= 4 is 38.6 Å². The van der Waals surface area contributed by atoms with E-state index >= 15 is 0 Å². The maximum absolute atomic E-state index is 5.11. The topological polar surface area (TPSA) is 43.1 Å². The highest BCUT2D eigenvalue weighted by molar-refractivity contribution is 6.19. The summed E-state index contributed by atoms with van der Waals surface area (Å²) in [4.78, 5) is 14.6. The second-order valence-corrected chi connectivity index (χ2v) is 9.65. The zero-order valence-corrected chi connectivity index (χ0v) is 18.8. The van der Waals surface area contributed by atoms with Gasteiger partial charge < -0.3 is 0 Å². The number of nitrogens with zero attached hydrogens (tertiary/aromatic N) is 4. The average molecular weight is 447 g/mol. The fourth-order valence-electron chi connectivity index (χ4n) is 6.53. The normalized spacial score (nSPS) is 13.5. The van der Waals surface area contributed by atoms with Gasteiger partial charge in [-0.2, -0.15) is 0 Å². The Hall–Kier alpha value is -4.57. The first kappa shape index (κ1) is 17.8. The molecular formula is C31H18N4. The highest BCUT2D eigenvalue weighted by atomic mass is 15.1. The van der Waals surface area contributed by atoms with E-state index in [4.69, 9.17) is 15.0 Å². The molecule has 162 valence electrons. The fraction of sp³-hybridized carbons (Fsp3) is 0.0645. The molecule has 2 aliphatic rings. The lowest BCUT2D eigenvalue weighted by Crippen LogP contribution is -1.96. The van der Waals surface area contributed by atoms with Crippen LogP contribution in [0.3, 0.4) is 0 Å². The van der Waals surface area contributed by atoms with E-state index in [9.17, 15) is 0 Å². The molecule has 0 N–H and O–H groups in total. The van der Waals surface area contributed by atoms with Crippen LogP contribution in [0.1, 0.15) is 22.3 Å². The molecule has 0 radical (unpaired) electrons. The smallest absolute Gasteiger partial charge is 0.166 e. The third-order valence-corrected chi connectivity index (χ3v) is 7.92. The Kier molecular flexibility index (Phi) is 3.11. The van der Waals surface area contributed by atoms with Crippen molar-refractivity contribution in [1.29, 1.82) is 0 Å². The van der Waals surface area contributed by atoms with Gasteiger partial charge in [0.05, 0.1) is 0 Å². The monoisotopic (exact) mass is 446 g/mol. The Bertz CT molecular complexity index is 2070. The molecule has 0 saturated heterocycles. The second-order valence-electron chi connectivity index (χ2n) is 9.65. The van der Waals surface area contributed by atoms with Crippen molar-refractivity contribution in [2.45, 2.75) is 12.8 Å². The van der Waals surface area contributed by atoms with Gasteiger partial charge in [-0.05, 0) is 87.0 Å². The molecule has 0 saturated carbocycles. The van der Waals surface area contributed by atoms with E-state index in [0.29, 0.717) is 0 Å². The molecule has 4 heteroatoms. The Labute approximate surface area is 200 Å². The summed E-state index contributed by atoms with van der Waals surface area (Å²) >= 11 is 0. The van der Waals surface area contributed by atoms with Crippen LogP contribution in [0.15, 0.2) is 85.2 Å². The van der Waals surface area contributed by atoms with Gasteiger partial charge in [0.25, 0.3) is 0 Å². The van der Waals surface area contributed by atoms with E-state index in [2.05, 4.69) is 59.0 Å². The van der Waals surface area contributed by atoms with E-state index in [1.54, 1.807) is 0 Å². The first-order valence-electron chi connectivity index (χ1n) is 12.1. The summed E-state index contributed by atoms with van der Waals surface area (Å²) in [6.07, 6.45) is 5.66. The van der Waals surface area contributed by atoms with Gasteiger partial charge in [0.2, 0.25) is 0 Å². The zero-order valence-electron chi connectivity index (χ0n) is 18.8. The molecule has 0 aliphatic heterocycles. The Balaban J connectivity index is 1.48. The third-order valence-electron chi connectivity index (χ3n) is 7.92. The number of pyridine rings is 3. The van der Waals surface area contributed by atoms with E-state index in [-0.39, 0.29) is 0 Å². The van der Waals surface area contributed by atoms with Crippen LogP contribution >= 0.6 is 0 Å². The summed E-state index contributed by atoms with van der Waals surface area (Å²) in [6, 6.07) is 26.3. The summed E-state index contributed by atoms with van der Waals surface area (Å²) in [5.74, 6) is 0. The molecule has 3 aromatic carbocycles. The molecule has 2 aliphatic carbocycles. The van der Waals surface area contributed by atoms with Crippen molar-refractivity contribution in [3.05, 3.63) is 107 Å². The Morgan fingerprint density at radius 2 is 1.40 bits per heavy atom. The predicted molar refractivity (Wildman–Crippen MR) is 140 cm³/mol. The molecular weight excluding hydrogens is 428 g/mol. The number of hydrogen-bond acceptors (Lipinski definition) is 3. The maximum Gasteiger partial charge on any atom is 0.166 e. The van der Waals surface area contributed by atoms with Crippen LogP contribution in [-0.4, -0.2) is 19.4 Å². The molecule has 7 aromatic rings. The highest BCUT2D eigenvalue weighted by Crippen LogP contribution is 2.50. The van der Waals surface area contributed by atoms with Crippen molar-refractivity contribution in [3.8, 4) is 22.3 Å². The summed E-state index contributed by atoms with van der Waals surface area (Å²) in [5, 5.41) is 3.53. The molecule has 0 unspecified atom stereocenters. The lowest BCUT2D eigenvalue weighted by atomic mass is 9.94. The number of aromatic nitrogens is 4. The van der Waals surface area contributed by atoms with Crippen LogP contribution in [-0.2, 0) is 12.8 Å². The van der Waals surface area contributed by atoms with Gasteiger partial charge in [-0.15, -0.1) is 0 Å². The van der Waals surface area contributed by atoms with Crippen LogP contribution in [0.25, 0.3) is 60.9 Å². The van der Waals surface area contributed by atoms with E-state index in [1.807, 2.05) is 30.6 Å². The molecule has 4 nitrogen and oxygen atoms in total. The minimum Gasteiger partial charge on any atom is -0.260 e. The van der Waals surface area contributed by atoms with Gasteiger partial charge >= 0.3 is 0 Å². The van der Waals surface area contributed by atoms with Crippen molar-refractivity contribution in [2.75, 3.05) is 0 Å². The molecule has 0 spiro atoms. The summed E-state index contributed by atoms with van der Waals surface area (Å²) in [5.41, 5.74) is 14.8. The summed E-state index contributed by atoms with van der Waals surface area (Å²) < 4.78 is 2.15. The SMILES string of the molecule is c1ccc2c(c1)Cc1ccc3c(c1-2)Cc1ccc2c4cccnc4n4c5ncccc5nc4c2c1-3. The standard InChI is InChI=1S/C31H18N4/c1-2-6-20-17(5-1)15-18-9-12-22-24(26(18)20)16-19-10-11-21-23-7-3-13-32-29(23)35-30-25(8-4-14-33-30)34-31(35)28(21)27(19)22/h1-14H,15-16H2. The molecule has 0 amide bonds. The quantitative estimate of drug-likeness (QED) is 0.243. The first-order chi connectivity index (χ1) is 17.4. The highest BCUT2D eigenvalue weighted by Gasteiger charge is 2.30. The van der Waals surface area contributed by atoms with Crippen molar-refractivity contribution in [1.82, 2.24) is 19.4 Å². The number of fused-ring (bicyclic) bond motifs is 16. The number of hydrogen-bond donors (Lipinski definition) is 0. The Morgan fingerprint density at radius 1 is 0.571 bits per heavy atom. The van der Waals surface area contributed by atoms with Gasteiger partial charge in [0.15, 0.2) is 5.65 Å². The summed E-state index contributed by atoms with van der Waals surface area (Å²) in [7, 11) is 0. The van der Waals surface area contributed by atoms with Crippen molar-refractivity contribution in [2.24, 2.45) is 0 Å². The third kappa shape index (κ3) is 2.11. The second kappa shape index (κ2) is 6.10. The zero-order chi connectivity index (χ0) is 22.7. The maximum atomic E-state index is 5.11. The molecule has 4 aromatic heterocycles. The largest absolute Gasteiger partial charge is 0.260 e. The van der Waals surface area contributed by atoms with Crippen LogP contribution in [0, 0.1) is 0 Å². The molecule has 9 rings (SSSR count). The predicted octanol–water partition coefficient (Wildman–Crippen LogP) is 6.73. The van der Waals surface area contributed by atoms with Crippen LogP contribution < -0.4 is 0 Å². The van der Waals surface area contributed by atoms with Gasteiger partial charge in [-0.1, -0.05) is 48.5 Å². The molecule has 0 bridgehead atoms. The number of benzene rings is 3.